The van der Waals surface area contributed by atoms with E-state index in [2.05, 4.69) is 24.1 Å². The van der Waals surface area contributed by atoms with E-state index in [0.29, 0.717) is 12.1 Å². The second-order valence-electron chi connectivity index (χ2n) is 7.13. The molecule has 1 N–H and O–H groups in total. The molecule has 1 aliphatic rings. The number of fused-ring (bicyclic) bond motifs is 3. The Morgan fingerprint density at radius 2 is 1.96 bits per heavy atom. The lowest BCUT2D eigenvalue weighted by Gasteiger charge is -2.19. The van der Waals surface area contributed by atoms with E-state index in [0.717, 1.165) is 29.1 Å². The van der Waals surface area contributed by atoms with Gasteiger partial charge >= 0.3 is 0 Å². The number of aromatic nitrogens is 2. The summed E-state index contributed by atoms with van der Waals surface area (Å²) in [5.74, 6) is -0.299. The van der Waals surface area contributed by atoms with Crippen LogP contribution in [0.15, 0.2) is 36.5 Å². The zero-order valence-corrected chi connectivity index (χ0v) is 14.0. The van der Waals surface area contributed by atoms with E-state index in [9.17, 15) is 13.2 Å². The van der Waals surface area contributed by atoms with Crippen molar-refractivity contribution in [3.63, 3.8) is 0 Å². The number of nitrogens with one attached hydrogen (secondary N) is 1. The van der Waals surface area contributed by atoms with Crippen molar-refractivity contribution in [3.05, 3.63) is 64.9 Å². The predicted molar refractivity (Wildman–Crippen MR) is 90.9 cm³/mol. The standard InChI is InChI=1S/C19H18F3N3/c1-19(2)10-23-14-8-12(7-11-3-5-13(20)6-4-11)18-24-15(17(21)22)9-25(18)16(14)19/h3-6,8-9,17,23H,7,10H2,1-2H3. The van der Waals surface area contributed by atoms with Gasteiger partial charge in [-0.2, -0.15) is 0 Å². The Labute approximate surface area is 143 Å². The second-order valence-corrected chi connectivity index (χ2v) is 7.13. The molecule has 0 radical (unpaired) electrons. The number of pyridine rings is 1. The van der Waals surface area contributed by atoms with Crippen molar-refractivity contribution in [2.75, 3.05) is 11.9 Å². The molecule has 0 saturated heterocycles. The molecule has 0 spiro atoms. The van der Waals surface area contributed by atoms with E-state index in [1.54, 1.807) is 16.5 Å². The summed E-state index contributed by atoms with van der Waals surface area (Å²) in [5.41, 5.74) is 3.77. The molecule has 0 aliphatic carbocycles. The fourth-order valence-electron chi connectivity index (χ4n) is 3.52. The van der Waals surface area contributed by atoms with E-state index in [1.807, 2.05) is 6.07 Å². The first kappa shape index (κ1) is 16.0. The third-order valence-electron chi connectivity index (χ3n) is 4.72. The Kier molecular flexibility index (Phi) is 3.52. The Hall–Kier alpha value is -2.50. The molecular formula is C19H18F3N3. The molecule has 3 aromatic rings. The fraction of sp³-hybridized carbons (Fsp3) is 0.316. The molecule has 1 aliphatic heterocycles. The lowest BCUT2D eigenvalue weighted by molar-refractivity contribution is 0.146. The molecule has 0 fully saturated rings. The normalized spacial score (nSPS) is 15.6. The second kappa shape index (κ2) is 5.51. The van der Waals surface area contributed by atoms with Gasteiger partial charge in [0.1, 0.15) is 17.2 Å². The highest BCUT2D eigenvalue weighted by Gasteiger charge is 2.34. The molecule has 0 amide bonds. The third kappa shape index (κ3) is 2.65. The Morgan fingerprint density at radius 3 is 2.64 bits per heavy atom. The van der Waals surface area contributed by atoms with Crippen molar-refractivity contribution < 1.29 is 13.2 Å². The van der Waals surface area contributed by atoms with Crippen LogP contribution in [0.3, 0.4) is 0 Å². The lowest BCUT2D eigenvalue weighted by Crippen LogP contribution is -2.21. The maximum Gasteiger partial charge on any atom is 0.281 e. The number of alkyl halides is 2. The topological polar surface area (TPSA) is 29.3 Å². The highest BCUT2D eigenvalue weighted by Crippen LogP contribution is 2.39. The van der Waals surface area contributed by atoms with Crippen molar-refractivity contribution in [2.45, 2.75) is 32.1 Å². The van der Waals surface area contributed by atoms with Gasteiger partial charge in [-0.15, -0.1) is 0 Å². The molecule has 3 heterocycles. The van der Waals surface area contributed by atoms with Gasteiger partial charge in [-0.05, 0) is 23.8 Å². The molecule has 25 heavy (non-hydrogen) atoms. The molecular weight excluding hydrogens is 327 g/mol. The van der Waals surface area contributed by atoms with Gasteiger partial charge in [-0.1, -0.05) is 26.0 Å². The quantitative estimate of drug-likeness (QED) is 0.745. The van der Waals surface area contributed by atoms with Crippen LogP contribution in [0.4, 0.5) is 18.9 Å². The predicted octanol–water partition coefficient (Wildman–Crippen LogP) is 4.70. The van der Waals surface area contributed by atoms with Crippen molar-refractivity contribution in [3.8, 4) is 0 Å². The molecule has 6 heteroatoms. The van der Waals surface area contributed by atoms with Gasteiger partial charge in [-0.25, -0.2) is 18.2 Å². The van der Waals surface area contributed by atoms with Crippen molar-refractivity contribution in [2.24, 2.45) is 0 Å². The summed E-state index contributed by atoms with van der Waals surface area (Å²) in [4.78, 5) is 4.18. The van der Waals surface area contributed by atoms with E-state index in [-0.39, 0.29) is 16.9 Å². The maximum absolute atomic E-state index is 13.2. The minimum absolute atomic E-state index is 0.178. The van der Waals surface area contributed by atoms with Gasteiger partial charge in [0, 0.05) is 30.1 Å². The van der Waals surface area contributed by atoms with Gasteiger partial charge in [0.15, 0.2) is 0 Å². The lowest BCUT2D eigenvalue weighted by atomic mass is 9.90. The molecule has 4 rings (SSSR count). The Bertz CT molecular complexity index is 943. The summed E-state index contributed by atoms with van der Waals surface area (Å²) in [6.45, 7) is 4.89. The van der Waals surface area contributed by atoms with Crippen LogP contribution in [-0.2, 0) is 11.8 Å². The summed E-state index contributed by atoms with van der Waals surface area (Å²) in [6, 6.07) is 8.18. The number of imidazole rings is 1. The average molecular weight is 345 g/mol. The van der Waals surface area contributed by atoms with Crippen LogP contribution in [0.1, 0.15) is 42.8 Å². The van der Waals surface area contributed by atoms with Gasteiger partial charge < -0.3 is 9.72 Å². The third-order valence-corrected chi connectivity index (χ3v) is 4.72. The van der Waals surface area contributed by atoms with Crippen LogP contribution >= 0.6 is 0 Å². The molecule has 1 aromatic carbocycles. The summed E-state index contributed by atoms with van der Waals surface area (Å²) in [7, 11) is 0. The van der Waals surface area contributed by atoms with Crippen molar-refractivity contribution in [1.82, 2.24) is 9.38 Å². The average Bonchev–Trinajstić information content (AvgIpc) is 3.11. The molecule has 3 nitrogen and oxygen atoms in total. The van der Waals surface area contributed by atoms with E-state index >= 15 is 0 Å². The van der Waals surface area contributed by atoms with Gasteiger partial charge in [0.05, 0.1) is 11.4 Å². The van der Waals surface area contributed by atoms with Crippen LogP contribution in [0.25, 0.3) is 5.65 Å². The molecule has 0 atom stereocenters. The van der Waals surface area contributed by atoms with E-state index < -0.39 is 6.43 Å². The minimum Gasteiger partial charge on any atom is -0.383 e. The summed E-state index contributed by atoms with van der Waals surface area (Å²) in [5, 5.41) is 3.36. The molecule has 130 valence electrons. The summed E-state index contributed by atoms with van der Waals surface area (Å²) in [6.07, 6.45) is -0.688. The Balaban J connectivity index is 1.90. The maximum atomic E-state index is 13.2. The Morgan fingerprint density at radius 1 is 1.24 bits per heavy atom. The van der Waals surface area contributed by atoms with E-state index in [1.165, 1.54) is 18.3 Å². The first-order valence-electron chi connectivity index (χ1n) is 8.17. The number of hydrogen-bond acceptors (Lipinski definition) is 2. The highest BCUT2D eigenvalue weighted by atomic mass is 19.3. The number of halogens is 3. The zero-order valence-electron chi connectivity index (χ0n) is 14.0. The first-order chi connectivity index (χ1) is 11.8. The number of rotatable bonds is 3. The number of nitrogens with zero attached hydrogens (tertiary/aromatic N) is 2. The van der Waals surface area contributed by atoms with Crippen LogP contribution in [0, 0.1) is 5.82 Å². The monoisotopic (exact) mass is 345 g/mol. The van der Waals surface area contributed by atoms with Crippen LogP contribution in [-0.4, -0.2) is 15.9 Å². The van der Waals surface area contributed by atoms with Crippen LogP contribution < -0.4 is 5.32 Å². The van der Waals surface area contributed by atoms with Crippen molar-refractivity contribution in [1.29, 1.82) is 0 Å². The summed E-state index contributed by atoms with van der Waals surface area (Å²) >= 11 is 0. The van der Waals surface area contributed by atoms with Gasteiger partial charge in [0.25, 0.3) is 6.43 Å². The SMILES string of the molecule is CC1(C)CNc2cc(Cc3ccc(F)cc3)c3nc(C(F)F)cn3c21. The molecule has 0 unspecified atom stereocenters. The minimum atomic E-state index is -2.62. The number of anilines is 1. The fourth-order valence-corrected chi connectivity index (χ4v) is 3.52. The zero-order chi connectivity index (χ0) is 17.8. The van der Waals surface area contributed by atoms with Crippen LogP contribution in [0.5, 0.6) is 0 Å². The highest BCUT2D eigenvalue weighted by molar-refractivity contribution is 5.67. The van der Waals surface area contributed by atoms with Crippen LogP contribution in [0.2, 0.25) is 0 Å². The molecule has 2 aromatic heterocycles. The van der Waals surface area contributed by atoms with Crippen molar-refractivity contribution >= 4 is 11.3 Å². The summed E-state index contributed by atoms with van der Waals surface area (Å²) < 4.78 is 41.4. The largest absolute Gasteiger partial charge is 0.383 e. The number of benzene rings is 1. The van der Waals surface area contributed by atoms with Gasteiger partial charge in [-0.3, -0.25) is 0 Å². The smallest absolute Gasteiger partial charge is 0.281 e. The van der Waals surface area contributed by atoms with E-state index in [4.69, 9.17) is 0 Å². The van der Waals surface area contributed by atoms with Gasteiger partial charge in [0.2, 0.25) is 0 Å². The molecule has 0 saturated carbocycles. The number of hydrogen-bond donors (Lipinski definition) is 1. The molecule has 0 bridgehead atoms. The first-order valence-corrected chi connectivity index (χ1v) is 8.17.